The zero-order valence-corrected chi connectivity index (χ0v) is 15.0. The number of allylic oxidation sites excluding steroid dienone is 1. The molecule has 1 aromatic rings. The maximum absolute atomic E-state index is 11.6. The highest BCUT2D eigenvalue weighted by Gasteiger charge is 2.33. The third kappa shape index (κ3) is 2.73. The molecular weight excluding hydrogens is 316 g/mol. The summed E-state index contributed by atoms with van der Waals surface area (Å²) in [6, 6.07) is 8.83. The predicted octanol–water partition coefficient (Wildman–Crippen LogP) is 2.31. The molecule has 3 aliphatic rings. The summed E-state index contributed by atoms with van der Waals surface area (Å²) in [6.45, 7) is 5.49. The van der Waals surface area contributed by atoms with E-state index in [0.29, 0.717) is 5.92 Å². The Morgan fingerprint density at radius 3 is 2.71 bits per heavy atom. The second-order valence-electron chi connectivity index (χ2n) is 6.71. The molecule has 0 saturated carbocycles. The van der Waals surface area contributed by atoms with Crippen LogP contribution in [0.1, 0.15) is 26.7 Å². The minimum Gasteiger partial charge on any atom is -0.343 e. The molecule has 0 aromatic heterocycles. The molecular formula is C20H22N2OS. The highest BCUT2D eigenvalue weighted by molar-refractivity contribution is 8.17. The molecule has 0 bridgehead atoms. The van der Waals surface area contributed by atoms with Crippen LogP contribution in [-0.4, -0.2) is 35.0 Å². The molecule has 3 nitrogen and oxygen atoms in total. The average molecular weight is 338 g/mol. The minimum atomic E-state index is 0.170. The van der Waals surface area contributed by atoms with Gasteiger partial charge in [-0.05, 0) is 47.8 Å². The number of rotatable bonds is 1. The van der Waals surface area contributed by atoms with Crippen molar-refractivity contribution in [3.05, 3.63) is 45.7 Å². The Kier molecular flexibility index (Phi) is 4.09. The van der Waals surface area contributed by atoms with Crippen LogP contribution in [-0.2, 0) is 4.79 Å². The number of hydrogen-bond donors (Lipinski definition) is 0. The summed E-state index contributed by atoms with van der Waals surface area (Å²) in [5, 5.41) is 3.78. The van der Waals surface area contributed by atoms with Gasteiger partial charge in [-0.2, -0.15) is 0 Å². The number of aliphatic imine (C=N–C) groups is 1. The van der Waals surface area contributed by atoms with Crippen LogP contribution in [0.5, 0.6) is 0 Å². The predicted molar refractivity (Wildman–Crippen MR) is 101 cm³/mol. The number of likely N-dealkylation sites (tertiary alicyclic amines) is 1. The quantitative estimate of drug-likeness (QED) is 0.787. The lowest BCUT2D eigenvalue weighted by Gasteiger charge is -2.34. The van der Waals surface area contributed by atoms with Crippen LogP contribution in [0.15, 0.2) is 40.2 Å². The fourth-order valence-electron chi connectivity index (χ4n) is 4.02. The molecule has 1 aliphatic carbocycles. The summed E-state index contributed by atoms with van der Waals surface area (Å²) in [5.74, 6) is 0.691. The first-order chi connectivity index (χ1) is 11.6. The zero-order valence-electron chi connectivity index (χ0n) is 14.2. The van der Waals surface area contributed by atoms with E-state index < -0.39 is 0 Å². The fraction of sp³-hybridized carbons (Fsp3) is 0.400. The SMILES string of the molecule is CC(=O)N1CCC(C2=c3ccccc3=CC=C3SC(C)=NC32)CC1. The van der Waals surface area contributed by atoms with Crippen molar-refractivity contribution >= 4 is 34.4 Å². The van der Waals surface area contributed by atoms with Crippen LogP contribution >= 0.6 is 11.8 Å². The van der Waals surface area contributed by atoms with Crippen molar-refractivity contribution < 1.29 is 4.79 Å². The van der Waals surface area contributed by atoms with E-state index in [0.717, 1.165) is 31.0 Å². The third-order valence-electron chi connectivity index (χ3n) is 5.22. The molecule has 24 heavy (non-hydrogen) atoms. The summed E-state index contributed by atoms with van der Waals surface area (Å²) in [5.41, 5.74) is 1.46. The highest BCUT2D eigenvalue weighted by Crippen LogP contribution is 2.40. The molecule has 1 aromatic carbocycles. The van der Waals surface area contributed by atoms with Gasteiger partial charge in [-0.15, -0.1) is 0 Å². The molecule has 2 heterocycles. The Bertz CT molecular complexity index is 860. The fourth-order valence-corrected chi connectivity index (χ4v) is 4.95. The Hall–Kier alpha value is -1.81. The van der Waals surface area contributed by atoms with Crippen molar-refractivity contribution in [1.82, 2.24) is 4.90 Å². The molecule has 2 aliphatic heterocycles. The Morgan fingerprint density at radius 1 is 1.21 bits per heavy atom. The number of carbonyl (C=O) groups is 1. The van der Waals surface area contributed by atoms with Crippen LogP contribution < -0.4 is 10.4 Å². The van der Waals surface area contributed by atoms with E-state index >= 15 is 0 Å². The number of nitrogens with zero attached hydrogens (tertiary/aromatic N) is 2. The van der Waals surface area contributed by atoms with Gasteiger partial charge in [0.15, 0.2) is 0 Å². The van der Waals surface area contributed by atoms with E-state index in [4.69, 9.17) is 4.99 Å². The van der Waals surface area contributed by atoms with Crippen LogP contribution in [0, 0.1) is 5.92 Å². The van der Waals surface area contributed by atoms with Crippen LogP contribution in [0.25, 0.3) is 11.6 Å². The molecule has 1 fully saturated rings. The van der Waals surface area contributed by atoms with Crippen molar-refractivity contribution in [2.45, 2.75) is 32.7 Å². The third-order valence-corrected chi connectivity index (χ3v) is 6.22. The van der Waals surface area contributed by atoms with Gasteiger partial charge in [-0.1, -0.05) is 42.1 Å². The van der Waals surface area contributed by atoms with Crippen molar-refractivity contribution in [3.8, 4) is 0 Å². The first kappa shape index (κ1) is 15.7. The number of amides is 1. The normalized spacial score (nSPS) is 23.7. The van der Waals surface area contributed by atoms with Gasteiger partial charge >= 0.3 is 0 Å². The van der Waals surface area contributed by atoms with Gasteiger partial charge < -0.3 is 4.90 Å². The van der Waals surface area contributed by atoms with E-state index in [1.54, 1.807) is 18.7 Å². The largest absolute Gasteiger partial charge is 0.343 e. The zero-order chi connectivity index (χ0) is 16.7. The smallest absolute Gasteiger partial charge is 0.219 e. The van der Waals surface area contributed by atoms with E-state index in [2.05, 4.69) is 43.3 Å². The maximum atomic E-state index is 11.6. The lowest BCUT2D eigenvalue weighted by Crippen LogP contribution is -2.40. The number of piperidine rings is 1. The number of thioether (sulfide) groups is 1. The topological polar surface area (TPSA) is 32.7 Å². The van der Waals surface area contributed by atoms with Crippen molar-refractivity contribution in [1.29, 1.82) is 0 Å². The van der Waals surface area contributed by atoms with Gasteiger partial charge in [0.2, 0.25) is 5.91 Å². The van der Waals surface area contributed by atoms with Gasteiger partial charge in [0.1, 0.15) is 6.04 Å². The van der Waals surface area contributed by atoms with E-state index in [-0.39, 0.29) is 11.9 Å². The van der Waals surface area contributed by atoms with E-state index in [9.17, 15) is 4.79 Å². The Morgan fingerprint density at radius 2 is 1.96 bits per heavy atom. The molecule has 1 atom stereocenters. The van der Waals surface area contributed by atoms with Gasteiger partial charge in [-0.3, -0.25) is 9.79 Å². The Balaban J connectivity index is 1.80. The molecule has 4 rings (SSSR count). The van der Waals surface area contributed by atoms with E-state index in [1.807, 2.05) is 4.90 Å². The number of carbonyl (C=O) groups excluding carboxylic acids is 1. The minimum absolute atomic E-state index is 0.170. The van der Waals surface area contributed by atoms with Gasteiger partial charge in [0, 0.05) is 24.9 Å². The summed E-state index contributed by atoms with van der Waals surface area (Å²) in [6.07, 6.45) is 6.54. The second kappa shape index (κ2) is 6.25. The van der Waals surface area contributed by atoms with Crippen molar-refractivity contribution in [2.75, 3.05) is 13.1 Å². The molecule has 4 heteroatoms. The number of hydrogen-bond acceptors (Lipinski definition) is 3. The summed E-state index contributed by atoms with van der Waals surface area (Å²) < 4.78 is 0. The molecule has 124 valence electrons. The first-order valence-electron chi connectivity index (χ1n) is 8.62. The molecule has 0 N–H and O–H groups in total. The molecule has 1 saturated heterocycles. The highest BCUT2D eigenvalue weighted by atomic mass is 32.2. The summed E-state index contributed by atoms with van der Waals surface area (Å²) in [4.78, 5) is 19.9. The lowest BCUT2D eigenvalue weighted by atomic mass is 9.83. The van der Waals surface area contributed by atoms with Crippen LogP contribution in [0.2, 0.25) is 0 Å². The van der Waals surface area contributed by atoms with Crippen LogP contribution in [0.4, 0.5) is 0 Å². The van der Waals surface area contributed by atoms with Crippen LogP contribution in [0.3, 0.4) is 0 Å². The Labute approximate surface area is 146 Å². The number of fused-ring (bicyclic) bond motifs is 2. The summed E-state index contributed by atoms with van der Waals surface area (Å²) >= 11 is 1.80. The molecule has 0 spiro atoms. The van der Waals surface area contributed by atoms with Gasteiger partial charge in [0.05, 0.1) is 5.04 Å². The molecule has 1 amide bonds. The molecule has 0 radical (unpaired) electrons. The summed E-state index contributed by atoms with van der Waals surface area (Å²) in [7, 11) is 0. The van der Waals surface area contributed by atoms with Crippen molar-refractivity contribution in [2.24, 2.45) is 10.9 Å². The molecule has 1 unspecified atom stereocenters. The monoisotopic (exact) mass is 338 g/mol. The van der Waals surface area contributed by atoms with Gasteiger partial charge in [-0.25, -0.2) is 0 Å². The second-order valence-corrected chi connectivity index (χ2v) is 7.98. The standard InChI is InChI=1S/C20H22N2OS/c1-13-21-20-18(24-13)8-7-15-5-3-4-6-17(15)19(20)16-9-11-22(12-10-16)14(2)23/h3-8,16,20H,9-12H2,1-2H3. The van der Waals surface area contributed by atoms with Crippen molar-refractivity contribution in [3.63, 3.8) is 0 Å². The lowest BCUT2D eigenvalue weighted by molar-refractivity contribution is -0.129. The van der Waals surface area contributed by atoms with E-state index in [1.165, 1.54) is 20.9 Å². The average Bonchev–Trinajstić information content (AvgIpc) is 2.88. The van der Waals surface area contributed by atoms with Gasteiger partial charge in [0.25, 0.3) is 0 Å². The maximum Gasteiger partial charge on any atom is 0.219 e. The first-order valence-corrected chi connectivity index (χ1v) is 9.44. The number of benzene rings is 1.